The summed E-state index contributed by atoms with van der Waals surface area (Å²) in [6, 6.07) is 10.5. The lowest BCUT2D eigenvalue weighted by Crippen LogP contribution is -2.06. The number of halogens is 1. The van der Waals surface area contributed by atoms with Gasteiger partial charge in [0.05, 0.1) is 12.1 Å². The molecule has 0 aliphatic carbocycles. The molecule has 0 unspecified atom stereocenters. The van der Waals surface area contributed by atoms with Crippen molar-refractivity contribution >= 4 is 23.2 Å². The lowest BCUT2D eigenvalue weighted by atomic mass is 10.3. The van der Waals surface area contributed by atoms with Gasteiger partial charge in [-0.3, -0.25) is 4.40 Å². The van der Waals surface area contributed by atoms with Crippen molar-refractivity contribution in [3.05, 3.63) is 59.0 Å². The van der Waals surface area contributed by atoms with E-state index in [-0.39, 0.29) is 6.61 Å². The van der Waals surface area contributed by atoms with Crippen LogP contribution in [0.5, 0.6) is 5.75 Å². The smallest absolute Gasteiger partial charge is 0.341 e. The Morgan fingerprint density at radius 2 is 2.05 bits per heavy atom. The van der Waals surface area contributed by atoms with Crippen molar-refractivity contribution in [1.82, 2.24) is 14.6 Å². The summed E-state index contributed by atoms with van der Waals surface area (Å²) >= 11 is 6.04. The second-order valence-corrected chi connectivity index (χ2v) is 4.85. The van der Waals surface area contributed by atoms with Crippen LogP contribution in [-0.2, 0) is 11.3 Å². The molecule has 1 aromatic carbocycles. The van der Waals surface area contributed by atoms with Crippen LogP contribution in [0.4, 0.5) is 0 Å². The Morgan fingerprint density at radius 3 is 2.82 bits per heavy atom. The highest BCUT2D eigenvalue weighted by Gasteiger charge is 2.15. The van der Waals surface area contributed by atoms with E-state index in [1.165, 1.54) is 7.11 Å². The first kappa shape index (κ1) is 14.3. The number of hydrogen-bond acceptors (Lipinski definition) is 5. The van der Waals surface area contributed by atoms with Crippen LogP contribution in [-0.4, -0.2) is 27.7 Å². The quantitative estimate of drug-likeness (QED) is 0.692. The van der Waals surface area contributed by atoms with Gasteiger partial charge in [-0.15, -0.1) is 10.2 Å². The molecule has 0 atom stereocenters. The third kappa shape index (κ3) is 2.60. The maximum absolute atomic E-state index is 11.7. The summed E-state index contributed by atoms with van der Waals surface area (Å²) in [5, 5.41) is 8.60. The number of esters is 1. The Hall–Kier alpha value is -2.60. The predicted molar refractivity (Wildman–Crippen MR) is 80.1 cm³/mol. The van der Waals surface area contributed by atoms with Gasteiger partial charge in [0.25, 0.3) is 0 Å². The van der Waals surface area contributed by atoms with Crippen LogP contribution in [0.15, 0.2) is 42.6 Å². The molecule has 22 heavy (non-hydrogen) atoms. The van der Waals surface area contributed by atoms with E-state index in [0.29, 0.717) is 27.8 Å². The number of ether oxygens (including phenoxy) is 2. The average molecular weight is 318 g/mol. The first-order chi connectivity index (χ1) is 10.7. The number of fused-ring (bicyclic) bond motifs is 1. The predicted octanol–water partition coefficient (Wildman–Crippen LogP) is 2.75. The number of para-hydroxylation sites is 1. The molecule has 0 aliphatic rings. The Morgan fingerprint density at radius 1 is 1.23 bits per heavy atom. The van der Waals surface area contributed by atoms with Gasteiger partial charge in [-0.05, 0) is 24.3 Å². The molecular weight excluding hydrogens is 306 g/mol. The van der Waals surface area contributed by atoms with Crippen molar-refractivity contribution in [2.45, 2.75) is 6.61 Å². The van der Waals surface area contributed by atoms with Gasteiger partial charge >= 0.3 is 5.97 Å². The Kier molecular flexibility index (Phi) is 3.93. The van der Waals surface area contributed by atoms with Crippen molar-refractivity contribution in [3.63, 3.8) is 0 Å². The molecule has 0 N–H and O–H groups in total. The Bertz CT molecular complexity index is 832. The van der Waals surface area contributed by atoms with Crippen molar-refractivity contribution in [2.24, 2.45) is 0 Å². The molecule has 0 aliphatic heterocycles. The van der Waals surface area contributed by atoms with E-state index in [1.54, 1.807) is 34.9 Å². The van der Waals surface area contributed by atoms with Crippen LogP contribution in [0.2, 0.25) is 5.02 Å². The van der Waals surface area contributed by atoms with Crippen LogP contribution < -0.4 is 4.74 Å². The van der Waals surface area contributed by atoms with Gasteiger partial charge < -0.3 is 9.47 Å². The highest BCUT2D eigenvalue weighted by molar-refractivity contribution is 6.32. The number of carbonyl (C=O) groups is 1. The molecule has 7 heteroatoms. The number of benzene rings is 1. The zero-order chi connectivity index (χ0) is 15.5. The van der Waals surface area contributed by atoms with Gasteiger partial charge in [0.2, 0.25) is 0 Å². The van der Waals surface area contributed by atoms with Crippen LogP contribution >= 0.6 is 11.6 Å². The molecule has 3 aromatic rings. The van der Waals surface area contributed by atoms with Crippen molar-refractivity contribution in [3.8, 4) is 5.75 Å². The standard InChI is InChI=1S/C15H12ClN3O3/c1-21-15(20)10-5-4-8-19-13(17-18-14(10)19)9-22-12-7-3-2-6-11(12)16/h2-8H,9H2,1H3. The number of methoxy groups -OCH3 is 1. The summed E-state index contributed by atoms with van der Waals surface area (Å²) in [5.41, 5.74) is 0.772. The number of pyridine rings is 1. The van der Waals surface area contributed by atoms with Gasteiger partial charge in [-0.1, -0.05) is 23.7 Å². The molecule has 112 valence electrons. The SMILES string of the molecule is COC(=O)c1cccn2c(COc3ccccc3Cl)nnc12. The van der Waals surface area contributed by atoms with Gasteiger partial charge in [0, 0.05) is 6.20 Å². The topological polar surface area (TPSA) is 65.7 Å². The van der Waals surface area contributed by atoms with Crippen LogP contribution in [0, 0.1) is 0 Å². The van der Waals surface area contributed by atoms with Crippen LogP contribution in [0.25, 0.3) is 5.65 Å². The number of nitrogens with zero attached hydrogens (tertiary/aromatic N) is 3. The van der Waals surface area contributed by atoms with Gasteiger partial charge in [-0.25, -0.2) is 4.79 Å². The van der Waals surface area contributed by atoms with Crippen LogP contribution in [0.3, 0.4) is 0 Å². The number of hydrogen-bond donors (Lipinski definition) is 0. The maximum atomic E-state index is 11.7. The van der Waals surface area contributed by atoms with E-state index < -0.39 is 5.97 Å². The fourth-order valence-electron chi connectivity index (χ4n) is 2.04. The Balaban J connectivity index is 1.89. The maximum Gasteiger partial charge on any atom is 0.341 e. The molecule has 0 radical (unpaired) electrons. The fourth-order valence-corrected chi connectivity index (χ4v) is 2.23. The van der Waals surface area contributed by atoms with Crippen LogP contribution in [0.1, 0.15) is 16.2 Å². The second kappa shape index (κ2) is 6.03. The van der Waals surface area contributed by atoms with E-state index >= 15 is 0 Å². The first-order valence-corrected chi connectivity index (χ1v) is 6.87. The molecule has 0 fully saturated rings. The van der Waals surface area contributed by atoms with Gasteiger partial charge in [0.1, 0.15) is 17.9 Å². The van der Waals surface area contributed by atoms with Crippen molar-refractivity contribution < 1.29 is 14.3 Å². The molecule has 0 spiro atoms. The third-order valence-electron chi connectivity index (χ3n) is 3.10. The summed E-state index contributed by atoms with van der Waals surface area (Å²) in [6.07, 6.45) is 1.76. The summed E-state index contributed by atoms with van der Waals surface area (Å²) in [7, 11) is 1.32. The highest BCUT2D eigenvalue weighted by Crippen LogP contribution is 2.24. The monoisotopic (exact) mass is 317 g/mol. The minimum absolute atomic E-state index is 0.176. The van der Waals surface area contributed by atoms with E-state index in [4.69, 9.17) is 21.1 Å². The minimum Gasteiger partial charge on any atom is -0.484 e. The molecule has 3 rings (SSSR count). The minimum atomic E-state index is -0.462. The molecule has 0 saturated heterocycles. The number of carbonyl (C=O) groups excluding carboxylic acids is 1. The van der Waals surface area contributed by atoms with Gasteiger partial charge in [-0.2, -0.15) is 0 Å². The second-order valence-electron chi connectivity index (χ2n) is 4.44. The van der Waals surface area contributed by atoms with E-state index in [2.05, 4.69) is 10.2 Å². The largest absolute Gasteiger partial charge is 0.484 e. The fraction of sp³-hybridized carbons (Fsp3) is 0.133. The summed E-state index contributed by atoms with van der Waals surface area (Å²) in [6.45, 7) is 0.176. The Labute approximate surface area is 131 Å². The summed E-state index contributed by atoms with van der Waals surface area (Å²) in [4.78, 5) is 11.7. The van der Waals surface area contributed by atoms with E-state index in [1.807, 2.05) is 12.1 Å². The number of aromatic nitrogens is 3. The molecule has 0 bridgehead atoms. The third-order valence-corrected chi connectivity index (χ3v) is 3.42. The molecule has 0 amide bonds. The van der Waals surface area contributed by atoms with Crippen molar-refractivity contribution in [1.29, 1.82) is 0 Å². The average Bonchev–Trinajstić information content (AvgIpc) is 2.96. The highest BCUT2D eigenvalue weighted by atomic mass is 35.5. The lowest BCUT2D eigenvalue weighted by Gasteiger charge is -2.07. The summed E-state index contributed by atoms with van der Waals surface area (Å²) < 4.78 is 12.1. The van der Waals surface area contributed by atoms with Crippen molar-refractivity contribution in [2.75, 3.05) is 7.11 Å². The molecule has 0 saturated carbocycles. The van der Waals surface area contributed by atoms with E-state index in [0.717, 1.165) is 0 Å². The molecule has 2 heterocycles. The zero-order valence-corrected chi connectivity index (χ0v) is 12.4. The lowest BCUT2D eigenvalue weighted by molar-refractivity contribution is 0.0602. The molecular formula is C15H12ClN3O3. The van der Waals surface area contributed by atoms with E-state index in [9.17, 15) is 4.79 Å². The molecule has 6 nitrogen and oxygen atoms in total. The number of rotatable bonds is 4. The zero-order valence-electron chi connectivity index (χ0n) is 11.7. The summed E-state index contributed by atoms with van der Waals surface area (Å²) in [5.74, 6) is 0.655. The first-order valence-electron chi connectivity index (χ1n) is 6.49. The normalized spacial score (nSPS) is 10.6. The molecule has 2 aromatic heterocycles. The van der Waals surface area contributed by atoms with Gasteiger partial charge in [0.15, 0.2) is 11.5 Å².